The van der Waals surface area contributed by atoms with Gasteiger partial charge in [0, 0.05) is 19.0 Å². The largest absolute Gasteiger partial charge is 0.463 e. The van der Waals surface area contributed by atoms with Gasteiger partial charge in [0.05, 0.1) is 5.41 Å². The number of fused-ring (bicyclic) bond motifs is 7. The van der Waals surface area contributed by atoms with Gasteiger partial charge in [-0.3, -0.25) is 9.59 Å². The first-order valence-electron chi connectivity index (χ1n) is 20.3. The molecule has 6 aliphatic rings. The van der Waals surface area contributed by atoms with Gasteiger partial charge in [-0.15, -0.1) is 0 Å². The van der Waals surface area contributed by atoms with E-state index in [-0.39, 0.29) is 40.3 Å². The van der Waals surface area contributed by atoms with Crippen molar-refractivity contribution >= 4 is 11.9 Å². The van der Waals surface area contributed by atoms with Crippen LogP contribution in [-0.2, 0) is 14.3 Å². The van der Waals surface area contributed by atoms with E-state index in [0.717, 1.165) is 68.4 Å². The van der Waals surface area contributed by atoms with E-state index in [1.807, 2.05) is 30.3 Å². The van der Waals surface area contributed by atoms with Crippen molar-refractivity contribution in [2.24, 2.45) is 63.1 Å². The van der Waals surface area contributed by atoms with Gasteiger partial charge in [0.2, 0.25) is 17.6 Å². The third-order valence-electron chi connectivity index (χ3n) is 17.2. The number of hydrogen-bond donors (Lipinski definition) is 0. The normalized spacial score (nSPS) is 40.8. The number of nitrogens with zero attached hydrogens (tertiary/aromatic N) is 3. The van der Waals surface area contributed by atoms with Crippen LogP contribution in [0.2, 0.25) is 0 Å². The number of benzene rings is 1. The lowest BCUT2D eigenvalue weighted by Gasteiger charge is -2.61. The Morgan fingerprint density at radius 1 is 0.843 bits per heavy atom. The molecule has 5 saturated carbocycles. The van der Waals surface area contributed by atoms with Crippen molar-refractivity contribution in [3.05, 3.63) is 48.4 Å². The predicted molar refractivity (Wildman–Crippen MR) is 198 cm³/mol. The second-order valence-corrected chi connectivity index (χ2v) is 19.0. The summed E-state index contributed by atoms with van der Waals surface area (Å²) in [5, 5.41) is 4.38. The lowest BCUT2D eigenvalue weighted by molar-refractivity contribution is -0.173. The minimum absolute atomic E-state index is 0.101. The molecule has 1 aromatic carbocycles. The summed E-state index contributed by atoms with van der Waals surface area (Å²) in [6.45, 7) is 21.5. The van der Waals surface area contributed by atoms with Crippen LogP contribution in [0.4, 0.5) is 0 Å². The summed E-state index contributed by atoms with van der Waals surface area (Å²) in [5.41, 5.74) is 1.05. The number of carbonyl (C=O) groups excluding carboxylic acids is 2. The molecule has 8 rings (SSSR count). The number of esters is 1. The number of hydrogen-bond acceptors (Lipinski definition) is 6. The summed E-state index contributed by atoms with van der Waals surface area (Å²) in [6.07, 6.45) is 12.2. The number of rotatable bonds is 5. The molecule has 0 spiro atoms. The van der Waals surface area contributed by atoms with Crippen molar-refractivity contribution in [2.75, 3.05) is 6.54 Å². The third-order valence-corrected chi connectivity index (χ3v) is 17.2. The van der Waals surface area contributed by atoms with Gasteiger partial charge in [0.25, 0.3) is 0 Å². The van der Waals surface area contributed by atoms with Crippen molar-refractivity contribution in [1.29, 1.82) is 0 Å². The van der Waals surface area contributed by atoms with Crippen LogP contribution >= 0.6 is 0 Å². The molecule has 1 amide bonds. The number of allylic oxidation sites excluding steroid dienone is 1. The molecule has 5 aliphatic carbocycles. The lowest BCUT2D eigenvalue weighted by atomic mass is 9.43. The van der Waals surface area contributed by atoms with Crippen LogP contribution in [-0.4, -0.2) is 39.6 Å². The predicted octanol–water partition coefficient (Wildman–Crippen LogP) is 9.85. The summed E-state index contributed by atoms with van der Waals surface area (Å²) in [5.74, 6) is 5.60. The van der Waals surface area contributed by atoms with Gasteiger partial charge >= 0.3 is 5.97 Å². The number of likely N-dealkylation sites (tertiary alicyclic amines) is 1. The molecule has 7 nitrogen and oxygen atoms in total. The second kappa shape index (κ2) is 12.3. The van der Waals surface area contributed by atoms with Crippen molar-refractivity contribution in [3.8, 4) is 11.4 Å². The van der Waals surface area contributed by atoms with Gasteiger partial charge in [0.15, 0.2) is 0 Å². The van der Waals surface area contributed by atoms with Gasteiger partial charge < -0.3 is 14.2 Å². The third kappa shape index (κ3) is 4.87. The van der Waals surface area contributed by atoms with Gasteiger partial charge in [0.1, 0.15) is 12.1 Å². The molecule has 276 valence electrons. The van der Waals surface area contributed by atoms with Crippen LogP contribution in [0.3, 0.4) is 0 Å². The van der Waals surface area contributed by atoms with Crippen LogP contribution in [0, 0.1) is 63.1 Å². The maximum Gasteiger partial charge on any atom is 0.302 e. The van der Waals surface area contributed by atoms with E-state index in [9.17, 15) is 4.79 Å². The number of aromatic nitrogens is 2. The van der Waals surface area contributed by atoms with E-state index in [1.165, 1.54) is 37.7 Å². The Bertz CT molecular complexity index is 1680. The molecular weight excluding hydrogens is 635 g/mol. The van der Waals surface area contributed by atoms with Crippen molar-refractivity contribution in [2.45, 2.75) is 131 Å². The highest BCUT2D eigenvalue weighted by molar-refractivity contribution is 5.86. The smallest absolute Gasteiger partial charge is 0.302 e. The Hall–Kier alpha value is -2.96. The van der Waals surface area contributed by atoms with Crippen LogP contribution in [0.25, 0.3) is 11.4 Å². The number of ether oxygens (including phenoxy) is 1. The quantitative estimate of drug-likeness (QED) is 0.229. The molecule has 1 aliphatic heterocycles. The molecule has 0 bridgehead atoms. The van der Waals surface area contributed by atoms with Crippen LogP contribution < -0.4 is 0 Å². The Balaban J connectivity index is 1.14. The molecule has 1 saturated heterocycles. The first kappa shape index (κ1) is 35.1. The Labute approximate surface area is 305 Å². The molecule has 10 unspecified atom stereocenters. The fraction of sp³-hybridized carbons (Fsp3) is 0.727. The van der Waals surface area contributed by atoms with Gasteiger partial charge in [-0.25, -0.2) is 0 Å². The molecule has 11 atom stereocenters. The van der Waals surface area contributed by atoms with Gasteiger partial charge in [-0.1, -0.05) is 82.3 Å². The van der Waals surface area contributed by atoms with Crippen molar-refractivity contribution in [1.82, 2.24) is 15.0 Å². The number of carbonyl (C=O) groups is 2. The number of amides is 1. The first-order valence-corrected chi connectivity index (χ1v) is 20.3. The minimum Gasteiger partial charge on any atom is -0.463 e. The van der Waals surface area contributed by atoms with Crippen LogP contribution in [0.5, 0.6) is 0 Å². The summed E-state index contributed by atoms with van der Waals surface area (Å²) in [6, 6.07) is 9.79. The van der Waals surface area contributed by atoms with Crippen LogP contribution in [0.15, 0.2) is 47.0 Å². The van der Waals surface area contributed by atoms with Gasteiger partial charge in [-0.2, -0.15) is 4.98 Å². The van der Waals surface area contributed by atoms with E-state index in [4.69, 9.17) is 20.8 Å². The summed E-state index contributed by atoms with van der Waals surface area (Å²) in [7, 11) is 0. The van der Waals surface area contributed by atoms with E-state index < -0.39 is 5.41 Å². The van der Waals surface area contributed by atoms with E-state index >= 15 is 4.79 Å². The molecule has 7 heteroatoms. The van der Waals surface area contributed by atoms with Crippen molar-refractivity contribution in [3.63, 3.8) is 0 Å². The molecular formula is C44H61N3O4. The zero-order chi connectivity index (χ0) is 36.1. The summed E-state index contributed by atoms with van der Waals surface area (Å²) >= 11 is 0. The van der Waals surface area contributed by atoms with Crippen molar-refractivity contribution < 1.29 is 18.8 Å². The average molecular weight is 696 g/mol. The average Bonchev–Trinajstić information content (AvgIpc) is 3.82. The van der Waals surface area contributed by atoms with E-state index in [0.29, 0.717) is 35.4 Å². The van der Waals surface area contributed by atoms with Gasteiger partial charge in [-0.05, 0) is 135 Å². The highest BCUT2D eigenvalue weighted by Gasteiger charge is 2.79. The highest BCUT2D eigenvalue weighted by atomic mass is 16.5. The summed E-state index contributed by atoms with van der Waals surface area (Å²) in [4.78, 5) is 34.8. The highest BCUT2D eigenvalue weighted by Crippen LogP contribution is 2.81. The van der Waals surface area contributed by atoms with E-state index in [2.05, 4.69) is 51.6 Å². The Morgan fingerprint density at radius 3 is 2.24 bits per heavy atom. The lowest BCUT2D eigenvalue weighted by Crippen LogP contribution is -2.60. The zero-order valence-electron chi connectivity index (χ0n) is 32.2. The molecule has 2 heterocycles. The molecule has 51 heavy (non-hydrogen) atoms. The molecule has 0 N–H and O–H groups in total. The maximum absolute atomic E-state index is 15.9. The van der Waals surface area contributed by atoms with E-state index in [1.54, 1.807) is 6.92 Å². The minimum atomic E-state index is -0.512. The molecule has 1 aromatic heterocycles. The fourth-order valence-corrected chi connectivity index (χ4v) is 14.2. The Morgan fingerprint density at radius 2 is 1.51 bits per heavy atom. The standard InChI is InChI=1S/C44H61N3O4/c1-26(2)43(8)37-35-21-20-32-31-19-17-30(50-27(3)48)25-29(31)16-18-33(32)34(35)22-23-44(37,42(6,7)41(43,4)5)40(49)47-24-12-15-36(47)39-45-38(46-51-39)28-13-10-9-11-14-28/h9-11,13-14,29-37H,1,12,15-25H2,2-8H3/t29?,30?,31?,32?,33?,34?,35?,36-,37?,43?,44?/m1/s1. The topological polar surface area (TPSA) is 85.5 Å². The molecule has 6 fully saturated rings. The summed E-state index contributed by atoms with van der Waals surface area (Å²) < 4.78 is 11.7. The monoisotopic (exact) mass is 695 g/mol. The maximum atomic E-state index is 15.9. The first-order chi connectivity index (χ1) is 24.2. The zero-order valence-corrected chi connectivity index (χ0v) is 32.2. The fourth-order valence-electron chi connectivity index (χ4n) is 14.2. The second-order valence-electron chi connectivity index (χ2n) is 19.0. The Kier molecular flexibility index (Phi) is 8.46. The molecule has 2 aromatic rings. The van der Waals surface area contributed by atoms with Crippen LogP contribution in [0.1, 0.15) is 131 Å². The SMILES string of the molecule is C=C(C)C1(C)C2C3CCC4C5CCC(OC(C)=O)CC5CCC4C3CCC2(C(=O)N2CCC[C@@H]2c2nc(-c3ccccc3)no2)C(C)(C)C1(C)C. The molecule has 0 radical (unpaired) electrons.